The van der Waals surface area contributed by atoms with Crippen LogP contribution in [0, 0.1) is 6.92 Å². The van der Waals surface area contributed by atoms with Gasteiger partial charge in [-0.05, 0) is 49.0 Å². The van der Waals surface area contributed by atoms with Gasteiger partial charge in [-0.25, -0.2) is 0 Å². The first kappa shape index (κ1) is 16.7. The van der Waals surface area contributed by atoms with Crippen LogP contribution in [0.3, 0.4) is 0 Å². The molecule has 0 aliphatic carbocycles. The van der Waals surface area contributed by atoms with E-state index in [1.165, 1.54) is 21.4 Å². The molecule has 2 heterocycles. The average molecular weight is 341 g/mol. The van der Waals surface area contributed by atoms with E-state index in [-0.39, 0.29) is 5.91 Å². The lowest BCUT2D eigenvalue weighted by Gasteiger charge is -2.16. The van der Waals surface area contributed by atoms with E-state index in [1.807, 2.05) is 25.4 Å². The summed E-state index contributed by atoms with van der Waals surface area (Å²) in [5.74, 6) is 0.0755. The maximum Gasteiger partial charge on any atom is 0.234 e. The van der Waals surface area contributed by atoms with Crippen LogP contribution in [0.5, 0.6) is 0 Å². The number of nitrogens with zero attached hydrogens (tertiary/aromatic N) is 1. The second kappa shape index (κ2) is 7.64. The topological polar surface area (TPSA) is 48.1 Å². The maximum absolute atomic E-state index is 12.1. The van der Waals surface area contributed by atoms with Crippen LogP contribution in [-0.2, 0) is 17.8 Å². The number of fused-ring (bicyclic) bond motifs is 1. The minimum Gasteiger partial charge on any atom is -0.361 e. The molecular weight excluding hydrogens is 318 g/mol. The minimum absolute atomic E-state index is 0.0755. The van der Waals surface area contributed by atoms with Crippen molar-refractivity contribution in [3.8, 4) is 0 Å². The molecule has 3 rings (SSSR count). The van der Waals surface area contributed by atoms with Gasteiger partial charge in [-0.2, -0.15) is 0 Å². The summed E-state index contributed by atoms with van der Waals surface area (Å²) in [6.07, 6.45) is 2.87. The van der Waals surface area contributed by atoms with E-state index in [9.17, 15) is 4.79 Å². The molecule has 24 heavy (non-hydrogen) atoms. The van der Waals surface area contributed by atoms with E-state index in [2.05, 4.69) is 45.7 Å². The van der Waals surface area contributed by atoms with Gasteiger partial charge < -0.3 is 10.3 Å². The number of carbonyl (C=O) groups is 1. The molecule has 0 spiro atoms. The highest BCUT2D eigenvalue weighted by molar-refractivity contribution is 7.10. The van der Waals surface area contributed by atoms with Crippen molar-refractivity contribution in [3.63, 3.8) is 0 Å². The van der Waals surface area contributed by atoms with Crippen LogP contribution < -0.4 is 5.32 Å². The number of benzene rings is 1. The SMILES string of the molecule is Cc1ccsc1CN(C)CC(=O)NCCc1c[nH]c2ccccc12. The molecule has 3 aromatic rings. The van der Waals surface area contributed by atoms with Crippen LogP contribution in [0.2, 0.25) is 0 Å². The molecule has 2 N–H and O–H groups in total. The quantitative estimate of drug-likeness (QED) is 0.692. The third-order valence-corrected chi connectivity index (χ3v) is 5.19. The van der Waals surface area contributed by atoms with Crippen molar-refractivity contribution in [2.24, 2.45) is 0 Å². The Labute approximate surface area is 146 Å². The van der Waals surface area contributed by atoms with Gasteiger partial charge in [-0.1, -0.05) is 18.2 Å². The predicted molar refractivity (Wildman–Crippen MR) is 100 cm³/mol. The van der Waals surface area contributed by atoms with Crippen molar-refractivity contribution in [2.45, 2.75) is 19.9 Å². The van der Waals surface area contributed by atoms with Crippen LogP contribution in [0.1, 0.15) is 16.0 Å². The van der Waals surface area contributed by atoms with Crippen molar-refractivity contribution >= 4 is 28.1 Å². The van der Waals surface area contributed by atoms with Gasteiger partial charge in [0.1, 0.15) is 0 Å². The summed E-state index contributed by atoms with van der Waals surface area (Å²) in [5, 5.41) is 6.35. The van der Waals surface area contributed by atoms with E-state index in [0.29, 0.717) is 13.1 Å². The Hall–Kier alpha value is -2.11. The lowest BCUT2D eigenvalue weighted by Crippen LogP contribution is -2.35. The molecular formula is C19H23N3OS. The van der Waals surface area contributed by atoms with E-state index in [4.69, 9.17) is 0 Å². The van der Waals surface area contributed by atoms with Crippen LogP contribution in [0.4, 0.5) is 0 Å². The fourth-order valence-electron chi connectivity index (χ4n) is 2.84. The summed E-state index contributed by atoms with van der Waals surface area (Å²) in [7, 11) is 1.98. The number of thiophene rings is 1. The zero-order valence-electron chi connectivity index (χ0n) is 14.1. The van der Waals surface area contributed by atoms with Crippen molar-refractivity contribution in [2.75, 3.05) is 20.1 Å². The third-order valence-electron chi connectivity index (χ3n) is 4.19. The molecule has 0 unspecified atom stereocenters. The second-order valence-electron chi connectivity index (χ2n) is 6.16. The Morgan fingerprint density at radius 2 is 2.12 bits per heavy atom. The number of aryl methyl sites for hydroxylation is 1. The number of H-pyrrole nitrogens is 1. The summed E-state index contributed by atoms with van der Waals surface area (Å²) >= 11 is 1.75. The summed E-state index contributed by atoms with van der Waals surface area (Å²) in [4.78, 5) is 18.7. The maximum atomic E-state index is 12.1. The van der Waals surface area contributed by atoms with E-state index in [1.54, 1.807) is 11.3 Å². The monoisotopic (exact) mass is 341 g/mol. The first-order valence-corrected chi connectivity index (χ1v) is 9.04. The van der Waals surface area contributed by atoms with Crippen molar-refractivity contribution in [3.05, 3.63) is 57.9 Å². The Balaban J connectivity index is 1.45. The number of hydrogen-bond donors (Lipinski definition) is 2. The number of carbonyl (C=O) groups excluding carboxylic acids is 1. The van der Waals surface area contributed by atoms with Crippen LogP contribution in [0.15, 0.2) is 41.9 Å². The van der Waals surface area contributed by atoms with Crippen molar-refractivity contribution in [1.82, 2.24) is 15.2 Å². The predicted octanol–water partition coefficient (Wildman–Crippen LogP) is 3.33. The van der Waals surface area contributed by atoms with E-state index < -0.39 is 0 Å². The van der Waals surface area contributed by atoms with Gasteiger partial charge >= 0.3 is 0 Å². The molecule has 0 aliphatic rings. The van der Waals surface area contributed by atoms with Crippen molar-refractivity contribution in [1.29, 1.82) is 0 Å². The van der Waals surface area contributed by atoms with Crippen LogP contribution in [-0.4, -0.2) is 35.9 Å². The lowest BCUT2D eigenvalue weighted by molar-refractivity contribution is -0.122. The van der Waals surface area contributed by atoms with Gasteiger partial charge in [-0.15, -0.1) is 11.3 Å². The molecule has 4 nitrogen and oxygen atoms in total. The van der Waals surface area contributed by atoms with E-state index in [0.717, 1.165) is 18.5 Å². The molecule has 0 fully saturated rings. The molecule has 1 aromatic carbocycles. The molecule has 0 radical (unpaired) electrons. The highest BCUT2D eigenvalue weighted by Crippen LogP contribution is 2.18. The van der Waals surface area contributed by atoms with Gasteiger partial charge in [0.2, 0.25) is 5.91 Å². The fraction of sp³-hybridized carbons (Fsp3) is 0.316. The summed E-state index contributed by atoms with van der Waals surface area (Å²) in [5.41, 5.74) is 3.69. The number of hydrogen-bond acceptors (Lipinski definition) is 3. The number of aromatic amines is 1. The molecule has 1 amide bonds. The first-order chi connectivity index (χ1) is 11.6. The number of para-hydroxylation sites is 1. The van der Waals surface area contributed by atoms with Gasteiger partial charge in [0.25, 0.3) is 0 Å². The molecule has 0 aliphatic heterocycles. The normalized spacial score (nSPS) is 11.3. The molecule has 0 bridgehead atoms. The Morgan fingerprint density at radius 3 is 2.92 bits per heavy atom. The van der Waals surface area contributed by atoms with E-state index >= 15 is 0 Å². The number of rotatable bonds is 7. The summed E-state index contributed by atoms with van der Waals surface area (Å²) in [6.45, 7) is 4.01. The second-order valence-corrected chi connectivity index (χ2v) is 7.16. The van der Waals surface area contributed by atoms with Crippen molar-refractivity contribution < 1.29 is 4.79 Å². The minimum atomic E-state index is 0.0755. The smallest absolute Gasteiger partial charge is 0.234 e. The first-order valence-electron chi connectivity index (χ1n) is 8.16. The van der Waals surface area contributed by atoms with Gasteiger partial charge in [0.05, 0.1) is 6.54 Å². The zero-order chi connectivity index (χ0) is 16.9. The Kier molecular flexibility index (Phi) is 5.33. The Bertz CT molecular complexity index is 821. The molecule has 0 atom stereocenters. The zero-order valence-corrected chi connectivity index (χ0v) is 15.0. The molecule has 0 saturated carbocycles. The highest BCUT2D eigenvalue weighted by atomic mass is 32.1. The number of nitrogens with one attached hydrogen (secondary N) is 2. The molecule has 5 heteroatoms. The number of likely N-dealkylation sites (N-methyl/N-ethyl adjacent to an activating group) is 1. The standard InChI is InChI=1S/C19H23N3OS/c1-14-8-10-24-18(14)12-22(2)13-19(23)20-9-7-15-11-21-17-6-4-3-5-16(15)17/h3-6,8,10-11,21H,7,9,12-13H2,1-2H3,(H,20,23). The fourth-order valence-corrected chi connectivity index (χ4v) is 3.83. The third kappa shape index (κ3) is 4.04. The van der Waals surface area contributed by atoms with Crippen LogP contribution in [0.25, 0.3) is 10.9 Å². The molecule has 126 valence electrons. The number of aromatic nitrogens is 1. The average Bonchev–Trinajstić information content (AvgIpc) is 3.14. The van der Waals surface area contributed by atoms with Gasteiger partial charge in [0, 0.05) is 35.1 Å². The summed E-state index contributed by atoms with van der Waals surface area (Å²) in [6, 6.07) is 10.4. The highest BCUT2D eigenvalue weighted by Gasteiger charge is 2.09. The number of amides is 1. The molecule has 0 saturated heterocycles. The lowest BCUT2D eigenvalue weighted by atomic mass is 10.1. The van der Waals surface area contributed by atoms with Gasteiger partial charge in [0.15, 0.2) is 0 Å². The largest absolute Gasteiger partial charge is 0.361 e. The Morgan fingerprint density at radius 1 is 1.29 bits per heavy atom. The molecule has 2 aromatic heterocycles. The van der Waals surface area contributed by atoms with Gasteiger partial charge in [-0.3, -0.25) is 9.69 Å². The van der Waals surface area contributed by atoms with Crippen LogP contribution >= 0.6 is 11.3 Å². The summed E-state index contributed by atoms with van der Waals surface area (Å²) < 4.78 is 0.